The number of carbonyl (C=O) groups excluding carboxylic acids is 2. The van der Waals surface area contributed by atoms with E-state index in [9.17, 15) is 14.7 Å². The van der Waals surface area contributed by atoms with Crippen LogP contribution in [0.5, 0.6) is 0 Å². The summed E-state index contributed by atoms with van der Waals surface area (Å²) in [5.74, 6) is 0.0828. The van der Waals surface area contributed by atoms with E-state index in [1.165, 1.54) is 12.8 Å². The zero-order chi connectivity index (χ0) is 14.7. The summed E-state index contributed by atoms with van der Waals surface area (Å²) in [6, 6.07) is -0.783. The molecule has 20 heavy (non-hydrogen) atoms. The number of hydrogen-bond donors (Lipinski definition) is 4. The molecule has 0 aromatic carbocycles. The third kappa shape index (κ3) is 3.12. The van der Waals surface area contributed by atoms with Gasteiger partial charge in [0.15, 0.2) is 6.10 Å². The van der Waals surface area contributed by atoms with Gasteiger partial charge in [0.2, 0.25) is 11.8 Å². The molecular weight excluding hydrogens is 258 g/mol. The Morgan fingerprint density at radius 3 is 2.85 bits per heavy atom. The maximum atomic E-state index is 12.4. The summed E-state index contributed by atoms with van der Waals surface area (Å²) in [5, 5.41) is 15.9. The van der Waals surface area contributed by atoms with Crippen molar-refractivity contribution in [1.29, 1.82) is 0 Å². The maximum absolute atomic E-state index is 12.4. The summed E-state index contributed by atoms with van der Waals surface area (Å²) in [4.78, 5) is 23.5. The van der Waals surface area contributed by atoms with Gasteiger partial charge in [-0.15, -0.1) is 0 Å². The number of aliphatic hydroxyl groups excluding tert-OH is 1. The zero-order valence-electron chi connectivity index (χ0n) is 12.0. The van der Waals surface area contributed by atoms with Gasteiger partial charge >= 0.3 is 0 Å². The lowest BCUT2D eigenvalue weighted by Crippen LogP contribution is -2.54. The van der Waals surface area contributed by atoms with E-state index in [4.69, 9.17) is 5.73 Å². The molecule has 0 radical (unpaired) electrons. The Labute approximate surface area is 119 Å². The van der Waals surface area contributed by atoms with E-state index in [0.29, 0.717) is 18.3 Å². The quantitative estimate of drug-likeness (QED) is 0.528. The molecule has 6 nitrogen and oxygen atoms in total. The van der Waals surface area contributed by atoms with Crippen molar-refractivity contribution < 1.29 is 14.7 Å². The first-order valence-electron chi connectivity index (χ1n) is 7.55. The van der Waals surface area contributed by atoms with E-state index in [1.807, 2.05) is 6.92 Å². The monoisotopic (exact) mass is 283 g/mol. The lowest BCUT2D eigenvalue weighted by Gasteiger charge is -2.25. The van der Waals surface area contributed by atoms with Crippen LogP contribution in [-0.4, -0.2) is 41.7 Å². The van der Waals surface area contributed by atoms with E-state index < -0.39 is 18.1 Å². The van der Waals surface area contributed by atoms with Crippen LogP contribution in [0.4, 0.5) is 0 Å². The predicted molar refractivity (Wildman–Crippen MR) is 74.7 cm³/mol. The highest BCUT2D eigenvalue weighted by Gasteiger charge is 2.43. The number of nitrogens with two attached hydrogens (primary N) is 1. The molecule has 0 aromatic rings. The third-order valence-electron chi connectivity index (χ3n) is 4.63. The van der Waals surface area contributed by atoms with Crippen LogP contribution in [0.25, 0.3) is 0 Å². The van der Waals surface area contributed by atoms with Crippen molar-refractivity contribution >= 4 is 11.8 Å². The molecule has 114 valence electrons. The highest BCUT2D eigenvalue weighted by Crippen LogP contribution is 2.37. The lowest BCUT2D eigenvalue weighted by molar-refractivity contribution is -0.130. The molecule has 0 aromatic heterocycles. The number of hydrogen-bond acceptors (Lipinski definition) is 4. The van der Waals surface area contributed by atoms with Crippen molar-refractivity contribution in [3.8, 4) is 0 Å². The molecule has 1 aliphatic heterocycles. The Bertz CT molecular complexity index is 375. The number of nitrogens with one attached hydrogen (secondary N) is 2. The minimum atomic E-state index is -1.32. The van der Waals surface area contributed by atoms with Gasteiger partial charge < -0.3 is 21.5 Å². The van der Waals surface area contributed by atoms with Crippen LogP contribution >= 0.6 is 0 Å². The Hall–Kier alpha value is -1.14. The first-order chi connectivity index (χ1) is 9.54. The molecule has 0 spiro atoms. The van der Waals surface area contributed by atoms with E-state index >= 15 is 0 Å². The van der Waals surface area contributed by atoms with Crippen LogP contribution in [0, 0.1) is 11.8 Å². The van der Waals surface area contributed by atoms with Gasteiger partial charge in [0.1, 0.15) is 0 Å². The standard InChI is InChI=1S/C14H25N3O3/c1-2-4-10(12(18)13(15)19)17-14(20)11-9-6-3-5-8(9)7-16-11/h8-12,16,18H,2-7H2,1H3,(H2,15,19)(H,17,20)/t8-,9-,10-,11-,12?/m0/s1. The van der Waals surface area contributed by atoms with Crippen LogP contribution in [0.1, 0.15) is 39.0 Å². The molecule has 6 heteroatoms. The molecule has 2 aliphatic rings. The van der Waals surface area contributed by atoms with Crippen molar-refractivity contribution in [2.45, 2.75) is 57.2 Å². The zero-order valence-corrected chi connectivity index (χ0v) is 12.0. The largest absolute Gasteiger partial charge is 0.381 e. The number of fused-ring (bicyclic) bond motifs is 1. The molecule has 1 saturated carbocycles. The molecular formula is C14H25N3O3. The van der Waals surface area contributed by atoms with Gasteiger partial charge in [-0.1, -0.05) is 19.8 Å². The van der Waals surface area contributed by atoms with Crippen LogP contribution < -0.4 is 16.4 Å². The first kappa shape index (κ1) is 15.3. The minimum absolute atomic E-state index is 0.113. The number of rotatable bonds is 6. The fourth-order valence-electron chi connectivity index (χ4n) is 3.57. The molecule has 1 saturated heterocycles. The average Bonchev–Trinajstić information content (AvgIpc) is 2.99. The van der Waals surface area contributed by atoms with E-state index in [0.717, 1.165) is 19.4 Å². The predicted octanol–water partition coefficient (Wildman–Crippen LogP) is -0.494. The molecule has 1 unspecified atom stereocenters. The second-order valence-electron chi connectivity index (χ2n) is 5.99. The van der Waals surface area contributed by atoms with Gasteiger partial charge in [0.05, 0.1) is 12.1 Å². The third-order valence-corrected chi connectivity index (χ3v) is 4.63. The van der Waals surface area contributed by atoms with Gasteiger partial charge in [-0.3, -0.25) is 9.59 Å². The van der Waals surface area contributed by atoms with Crippen molar-refractivity contribution in [2.24, 2.45) is 17.6 Å². The van der Waals surface area contributed by atoms with Crippen LogP contribution in [-0.2, 0) is 9.59 Å². The summed E-state index contributed by atoms with van der Waals surface area (Å²) in [7, 11) is 0. The lowest BCUT2D eigenvalue weighted by atomic mass is 9.93. The molecule has 2 fully saturated rings. The van der Waals surface area contributed by atoms with Crippen molar-refractivity contribution in [1.82, 2.24) is 10.6 Å². The van der Waals surface area contributed by atoms with Crippen LogP contribution in [0.2, 0.25) is 0 Å². The average molecular weight is 283 g/mol. The van der Waals surface area contributed by atoms with Gasteiger partial charge in [-0.05, 0) is 37.6 Å². The fourth-order valence-corrected chi connectivity index (χ4v) is 3.57. The van der Waals surface area contributed by atoms with Gasteiger partial charge in [-0.2, -0.15) is 0 Å². The number of amides is 2. The summed E-state index contributed by atoms with van der Waals surface area (Å²) in [6.07, 6.45) is 3.43. The summed E-state index contributed by atoms with van der Waals surface area (Å²) in [5.41, 5.74) is 5.13. The first-order valence-corrected chi connectivity index (χ1v) is 7.55. The summed E-state index contributed by atoms with van der Waals surface area (Å²) in [6.45, 7) is 2.83. The molecule has 2 rings (SSSR count). The maximum Gasteiger partial charge on any atom is 0.248 e. The van der Waals surface area contributed by atoms with Crippen molar-refractivity contribution in [2.75, 3.05) is 6.54 Å². The minimum Gasteiger partial charge on any atom is -0.381 e. The van der Waals surface area contributed by atoms with Crippen LogP contribution in [0.3, 0.4) is 0 Å². The smallest absolute Gasteiger partial charge is 0.248 e. The topological polar surface area (TPSA) is 104 Å². The Balaban J connectivity index is 1.96. The fraction of sp³-hybridized carbons (Fsp3) is 0.857. The summed E-state index contributed by atoms with van der Waals surface area (Å²) >= 11 is 0. The number of primary amides is 1. The molecule has 5 N–H and O–H groups in total. The van der Waals surface area contributed by atoms with Gasteiger partial charge in [0.25, 0.3) is 0 Å². The van der Waals surface area contributed by atoms with Gasteiger partial charge in [0, 0.05) is 0 Å². The Kier molecular flexibility index (Phi) is 4.99. The van der Waals surface area contributed by atoms with E-state index in [1.54, 1.807) is 0 Å². The second kappa shape index (κ2) is 6.54. The Morgan fingerprint density at radius 2 is 2.20 bits per heavy atom. The van der Waals surface area contributed by atoms with Crippen molar-refractivity contribution in [3.05, 3.63) is 0 Å². The van der Waals surface area contributed by atoms with E-state index in [-0.39, 0.29) is 11.9 Å². The van der Waals surface area contributed by atoms with Gasteiger partial charge in [-0.25, -0.2) is 0 Å². The highest BCUT2D eigenvalue weighted by atomic mass is 16.3. The molecule has 2 amide bonds. The highest BCUT2D eigenvalue weighted by molar-refractivity contribution is 5.85. The number of aliphatic hydroxyl groups is 1. The molecule has 0 bridgehead atoms. The Morgan fingerprint density at radius 1 is 1.45 bits per heavy atom. The molecule has 1 heterocycles. The number of carbonyl (C=O) groups is 2. The molecule has 1 aliphatic carbocycles. The molecule has 5 atom stereocenters. The normalized spacial score (nSPS) is 31.6. The van der Waals surface area contributed by atoms with Crippen LogP contribution in [0.15, 0.2) is 0 Å². The van der Waals surface area contributed by atoms with Crippen molar-refractivity contribution in [3.63, 3.8) is 0 Å². The van der Waals surface area contributed by atoms with E-state index in [2.05, 4.69) is 10.6 Å². The second-order valence-corrected chi connectivity index (χ2v) is 5.99. The SMILES string of the molecule is CCC[C@H](NC(=O)[C@H]1NC[C@@H]2CCC[C@@H]21)C(O)C(N)=O. The summed E-state index contributed by atoms with van der Waals surface area (Å²) < 4.78 is 0.